The lowest BCUT2D eigenvalue weighted by atomic mass is 9.83. The molecule has 18 heavy (non-hydrogen) atoms. The van der Waals surface area contributed by atoms with Gasteiger partial charge in [0, 0.05) is 25.7 Å². The minimum absolute atomic E-state index is 0.420. The molecule has 104 valence electrons. The standard InChI is InChI=1S/C13H25N3OS/c14-13(18)15-10-12(11-4-2-1-3-5-11)16-6-8-17-9-7-16/h11-12H,1-10H2,(H3,14,15,18). The lowest BCUT2D eigenvalue weighted by molar-refractivity contribution is -0.000813. The van der Waals surface area contributed by atoms with Crippen LogP contribution in [0.15, 0.2) is 0 Å². The van der Waals surface area contributed by atoms with Crippen LogP contribution in [0.3, 0.4) is 0 Å². The molecule has 1 saturated carbocycles. The van der Waals surface area contributed by atoms with Gasteiger partial charge >= 0.3 is 0 Å². The molecule has 4 nitrogen and oxygen atoms in total. The number of nitrogens with zero attached hydrogens (tertiary/aromatic N) is 1. The second kappa shape index (κ2) is 7.26. The fourth-order valence-electron chi connectivity index (χ4n) is 3.23. The minimum atomic E-state index is 0.420. The van der Waals surface area contributed by atoms with Gasteiger partial charge in [0.05, 0.1) is 13.2 Å². The summed E-state index contributed by atoms with van der Waals surface area (Å²) in [6.45, 7) is 4.69. The number of nitrogens with one attached hydrogen (secondary N) is 1. The van der Waals surface area contributed by atoms with Gasteiger partial charge in [0.1, 0.15) is 0 Å². The summed E-state index contributed by atoms with van der Waals surface area (Å²) in [5.41, 5.74) is 5.58. The molecule has 1 heterocycles. The van der Waals surface area contributed by atoms with Crippen LogP contribution in [0.25, 0.3) is 0 Å². The van der Waals surface area contributed by atoms with E-state index in [0.29, 0.717) is 11.2 Å². The topological polar surface area (TPSA) is 50.5 Å². The molecule has 1 aliphatic carbocycles. The predicted molar refractivity (Wildman–Crippen MR) is 77.5 cm³/mol. The van der Waals surface area contributed by atoms with E-state index in [1.165, 1.54) is 32.1 Å². The van der Waals surface area contributed by atoms with E-state index in [1.54, 1.807) is 0 Å². The van der Waals surface area contributed by atoms with Crippen LogP contribution in [0.5, 0.6) is 0 Å². The lowest BCUT2D eigenvalue weighted by Gasteiger charge is -2.40. The molecule has 0 radical (unpaired) electrons. The van der Waals surface area contributed by atoms with Gasteiger partial charge in [0.25, 0.3) is 0 Å². The fraction of sp³-hybridized carbons (Fsp3) is 0.923. The minimum Gasteiger partial charge on any atom is -0.379 e. The highest BCUT2D eigenvalue weighted by Gasteiger charge is 2.29. The number of hydrogen-bond donors (Lipinski definition) is 2. The first-order valence-corrected chi connectivity index (χ1v) is 7.53. The van der Waals surface area contributed by atoms with Crippen LogP contribution in [0, 0.1) is 5.92 Å². The normalized spacial score (nSPS) is 24.7. The molecule has 1 aliphatic heterocycles. The van der Waals surface area contributed by atoms with Gasteiger partial charge in [-0.25, -0.2) is 0 Å². The van der Waals surface area contributed by atoms with Crippen molar-refractivity contribution in [3.8, 4) is 0 Å². The summed E-state index contributed by atoms with van der Waals surface area (Å²) in [5, 5.41) is 3.59. The Morgan fingerprint density at radius 3 is 2.56 bits per heavy atom. The Labute approximate surface area is 115 Å². The van der Waals surface area contributed by atoms with E-state index >= 15 is 0 Å². The maximum absolute atomic E-state index is 5.58. The maximum Gasteiger partial charge on any atom is 0.163 e. The Hall–Kier alpha value is -0.390. The fourth-order valence-corrected chi connectivity index (χ4v) is 3.31. The van der Waals surface area contributed by atoms with Crippen molar-refractivity contribution in [1.29, 1.82) is 0 Å². The van der Waals surface area contributed by atoms with Crippen LogP contribution >= 0.6 is 12.2 Å². The number of rotatable bonds is 4. The number of ether oxygens (including phenoxy) is 1. The van der Waals surface area contributed by atoms with E-state index in [-0.39, 0.29) is 0 Å². The van der Waals surface area contributed by atoms with E-state index in [2.05, 4.69) is 10.2 Å². The average Bonchev–Trinajstić information content (AvgIpc) is 2.41. The molecule has 0 bridgehead atoms. The van der Waals surface area contributed by atoms with E-state index in [4.69, 9.17) is 22.7 Å². The number of hydrogen-bond acceptors (Lipinski definition) is 3. The Morgan fingerprint density at radius 1 is 1.28 bits per heavy atom. The predicted octanol–water partition coefficient (Wildman–Crippen LogP) is 1.10. The summed E-state index contributed by atoms with van der Waals surface area (Å²) >= 11 is 4.94. The summed E-state index contributed by atoms with van der Waals surface area (Å²) in [5.74, 6) is 0.790. The summed E-state index contributed by atoms with van der Waals surface area (Å²) in [6.07, 6.45) is 6.84. The monoisotopic (exact) mass is 271 g/mol. The average molecular weight is 271 g/mol. The Balaban J connectivity index is 1.93. The summed E-state index contributed by atoms with van der Waals surface area (Å²) in [7, 11) is 0. The summed E-state index contributed by atoms with van der Waals surface area (Å²) in [4.78, 5) is 2.56. The van der Waals surface area contributed by atoms with Crippen molar-refractivity contribution in [1.82, 2.24) is 10.2 Å². The second-order valence-electron chi connectivity index (χ2n) is 5.36. The van der Waals surface area contributed by atoms with Crippen LogP contribution < -0.4 is 11.1 Å². The van der Waals surface area contributed by atoms with Crippen LogP contribution in [0.1, 0.15) is 32.1 Å². The van der Waals surface area contributed by atoms with Crippen molar-refractivity contribution in [3.63, 3.8) is 0 Å². The molecular formula is C13H25N3OS. The van der Waals surface area contributed by atoms with Gasteiger partial charge < -0.3 is 15.8 Å². The maximum atomic E-state index is 5.58. The van der Waals surface area contributed by atoms with Gasteiger partial charge in [0.2, 0.25) is 0 Å². The lowest BCUT2D eigenvalue weighted by Crippen LogP contribution is -2.53. The van der Waals surface area contributed by atoms with Gasteiger partial charge in [0.15, 0.2) is 5.11 Å². The Kier molecular flexibility index (Phi) is 5.66. The third-order valence-corrected chi connectivity index (χ3v) is 4.34. The van der Waals surface area contributed by atoms with Gasteiger partial charge in [-0.05, 0) is 31.0 Å². The zero-order valence-corrected chi connectivity index (χ0v) is 11.9. The Bertz CT molecular complexity index is 245. The molecule has 1 unspecified atom stereocenters. The van der Waals surface area contributed by atoms with E-state index in [1.807, 2.05) is 0 Å². The second-order valence-corrected chi connectivity index (χ2v) is 5.80. The van der Waals surface area contributed by atoms with Gasteiger partial charge in [-0.15, -0.1) is 0 Å². The third-order valence-electron chi connectivity index (χ3n) is 4.19. The van der Waals surface area contributed by atoms with E-state index in [0.717, 1.165) is 38.8 Å². The molecular weight excluding hydrogens is 246 g/mol. The molecule has 0 aromatic rings. The molecule has 0 aromatic heterocycles. The first-order valence-electron chi connectivity index (χ1n) is 7.12. The molecule has 0 amide bonds. The first-order chi connectivity index (χ1) is 8.77. The zero-order chi connectivity index (χ0) is 12.8. The van der Waals surface area contributed by atoms with Crippen molar-refractivity contribution in [3.05, 3.63) is 0 Å². The van der Waals surface area contributed by atoms with Crippen LogP contribution in [0.4, 0.5) is 0 Å². The SMILES string of the molecule is NC(=S)NCC(C1CCCCC1)N1CCOCC1. The molecule has 0 aromatic carbocycles. The molecule has 2 fully saturated rings. The van der Waals surface area contributed by atoms with Crippen molar-refractivity contribution in [2.24, 2.45) is 11.7 Å². The highest BCUT2D eigenvalue weighted by molar-refractivity contribution is 7.80. The number of nitrogens with two attached hydrogens (primary N) is 1. The van der Waals surface area contributed by atoms with Gasteiger partial charge in [-0.3, -0.25) is 4.90 Å². The van der Waals surface area contributed by atoms with Gasteiger partial charge in [-0.1, -0.05) is 19.3 Å². The molecule has 2 rings (SSSR count). The van der Waals surface area contributed by atoms with E-state index in [9.17, 15) is 0 Å². The summed E-state index contributed by atoms with van der Waals surface area (Å²) < 4.78 is 5.45. The molecule has 1 saturated heterocycles. The van der Waals surface area contributed by atoms with Crippen LogP contribution in [-0.2, 0) is 4.74 Å². The summed E-state index contributed by atoms with van der Waals surface area (Å²) in [6, 6.07) is 0.565. The highest BCUT2D eigenvalue weighted by Crippen LogP contribution is 2.29. The van der Waals surface area contributed by atoms with Crippen LogP contribution in [0.2, 0.25) is 0 Å². The quantitative estimate of drug-likeness (QED) is 0.750. The van der Waals surface area contributed by atoms with Crippen LogP contribution in [-0.4, -0.2) is 48.9 Å². The van der Waals surface area contributed by atoms with Crippen molar-refractivity contribution in [2.45, 2.75) is 38.1 Å². The number of morpholine rings is 1. The van der Waals surface area contributed by atoms with Crippen molar-refractivity contribution < 1.29 is 4.74 Å². The molecule has 3 N–H and O–H groups in total. The highest BCUT2D eigenvalue weighted by atomic mass is 32.1. The first kappa shape index (κ1) is 14.0. The van der Waals surface area contributed by atoms with Crippen molar-refractivity contribution >= 4 is 17.3 Å². The van der Waals surface area contributed by atoms with Gasteiger partial charge in [-0.2, -0.15) is 0 Å². The smallest absolute Gasteiger partial charge is 0.163 e. The van der Waals surface area contributed by atoms with Crippen molar-refractivity contribution in [2.75, 3.05) is 32.8 Å². The zero-order valence-electron chi connectivity index (χ0n) is 11.1. The van der Waals surface area contributed by atoms with E-state index < -0.39 is 0 Å². The molecule has 1 atom stereocenters. The third kappa shape index (κ3) is 4.07. The Morgan fingerprint density at radius 2 is 1.94 bits per heavy atom. The number of thiocarbonyl (C=S) groups is 1. The molecule has 0 spiro atoms. The molecule has 2 aliphatic rings. The largest absolute Gasteiger partial charge is 0.379 e. The molecule has 5 heteroatoms.